The molecule has 1 fully saturated rings. The van der Waals surface area contributed by atoms with Crippen molar-refractivity contribution in [2.24, 2.45) is 5.92 Å². The number of fused-ring (bicyclic) bond motifs is 1. The third kappa shape index (κ3) is 4.83. The van der Waals surface area contributed by atoms with Crippen LogP contribution in [0.3, 0.4) is 0 Å². The third-order valence-electron chi connectivity index (χ3n) is 3.96. The summed E-state index contributed by atoms with van der Waals surface area (Å²) in [5, 5.41) is 3.22. The zero-order valence-electron chi connectivity index (χ0n) is 13.2. The molecule has 0 aliphatic carbocycles. The maximum atomic E-state index is 12.4. The minimum Gasteiger partial charge on any atom is -0.342 e. The van der Waals surface area contributed by atoms with Crippen molar-refractivity contribution in [1.29, 1.82) is 0 Å². The van der Waals surface area contributed by atoms with E-state index in [1.54, 1.807) is 23.1 Å². The number of hydrogen-bond donors (Lipinski definition) is 1. The van der Waals surface area contributed by atoms with Gasteiger partial charge in [-0.15, -0.1) is 23.7 Å². The van der Waals surface area contributed by atoms with Gasteiger partial charge in [0.05, 0.1) is 16.0 Å². The highest BCUT2D eigenvalue weighted by atomic mass is 35.5. The molecule has 0 saturated carbocycles. The Kier molecular flexibility index (Phi) is 7.14. The van der Waals surface area contributed by atoms with Gasteiger partial charge in [-0.1, -0.05) is 23.9 Å². The molecule has 2 aromatic rings. The first-order valence-electron chi connectivity index (χ1n) is 7.67. The molecule has 23 heavy (non-hydrogen) atoms. The number of carbonyl (C=O) groups excluding carboxylic acids is 1. The molecule has 1 aliphatic rings. The van der Waals surface area contributed by atoms with Crippen LogP contribution in [-0.2, 0) is 4.79 Å². The van der Waals surface area contributed by atoms with E-state index in [2.05, 4.69) is 16.4 Å². The summed E-state index contributed by atoms with van der Waals surface area (Å²) in [5.74, 6) is 1.33. The number of rotatable bonds is 5. The summed E-state index contributed by atoms with van der Waals surface area (Å²) in [7, 11) is 1.98. The van der Waals surface area contributed by atoms with Crippen LogP contribution in [0.2, 0.25) is 0 Å². The molecule has 4 nitrogen and oxygen atoms in total. The first-order chi connectivity index (χ1) is 10.8. The van der Waals surface area contributed by atoms with Crippen LogP contribution in [-0.4, -0.2) is 48.2 Å². The molecule has 1 aliphatic heterocycles. The second-order valence-electron chi connectivity index (χ2n) is 5.64. The molecule has 1 saturated heterocycles. The average Bonchev–Trinajstić information content (AvgIpc) is 2.96. The van der Waals surface area contributed by atoms with Gasteiger partial charge in [-0.05, 0) is 44.5 Å². The van der Waals surface area contributed by atoms with Crippen molar-refractivity contribution < 1.29 is 4.79 Å². The summed E-state index contributed by atoms with van der Waals surface area (Å²) in [5.41, 5.74) is 1.02. The molecule has 0 bridgehead atoms. The fraction of sp³-hybridized carbons (Fsp3) is 0.500. The van der Waals surface area contributed by atoms with E-state index in [1.165, 1.54) is 11.1 Å². The van der Waals surface area contributed by atoms with E-state index in [1.807, 2.05) is 30.1 Å². The smallest absolute Gasteiger partial charge is 0.233 e. The molecule has 7 heteroatoms. The number of nitrogens with one attached hydrogen (secondary N) is 1. The largest absolute Gasteiger partial charge is 0.342 e. The van der Waals surface area contributed by atoms with E-state index < -0.39 is 0 Å². The molecule has 0 spiro atoms. The molecule has 1 N–H and O–H groups in total. The van der Waals surface area contributed by atoms with Gasteiger partial charge in [0.15, 0.2) is 4.34 Å². The van der Waals surface area contributed by atoms with E-state index >= 15 is 0 Å². The second-order valence-corrected chi connectivity index (χ2v) is 7.89. The van der Waals surface area contributed by atoms with E-state index in [-0.39, 0.29) is 18.3 Å². The SMILES string of the molecule is CNCC1CCCN(C(=O)CSc2nc3ccccc3s2)C1.Cl. The highest BCUT2D eigenvalue weighted by Crippen LogP contribution is 2.29. The Hall–Kier alpha value is -0.820. The number of thioether (sulfide) groups is 1. The summed E-state index contributed by atoms with van der Waals surface area (Å²) in [6, 6.07) is 8.11. The third-order valence-corrected chi connectivity index (χ3v) is 6.12. The lowest BCUT2D eigenvalue weighted by molar-refractivity contribution is -0.130. The standard InChI is InChI=1S/C16H21N3OS2.ClH/c1-17-9-12-5-4-8-19(10-12)15(20)11-21-16-18-13-6-2-3-7-14(13)22-16;/h2-3,6-7,12,17H,4-5,8-11H2,1H3;1H. The number of halogens is 1. The molecule has 3 rings (SSSR count). The lowest BCUT2D eigenvalue weighted by Gasteiger charge is -2.32. The Morgan fingerprint density at radius 2 is 2.30 bits per heavy atom. The second kappa shape index (κ2) is 8.87. The zero-order chi connectivity index (χ0) is 15.4. The number of piperidine rings is 1. The molecule has 126 valence electrons. The van der Waals surface area contributed by atoms with Crippen molar-refractivity contribution in [3.63, 3.8) is 0 Å². The monoisotopic (exact) mass is 371 g/mol. The highest BCUT2D eigenvalue weighted by molar-refractivity contribution is 8.01. The van der Waals surface area contributed by atoms with Gasteiger partial charge in [-0.3, -0.25) is 4.79 Å². The molecule has 1 amide bonds. The van der Waals surface area contributed by atoms with E-state index in [0.717, 1.165) is 35.9 Å². The quantitative estimate of drug-likeness (QED) is 0.819. The Bertz CT molecular complexity index is 614. The fourth-order valence-electron chi connectivity index (χ4n) is 2.87. The molecule has 1 atom stereocenters. The van der Waals surface area contributed by atoms with Crippen molar-refractivity contribution in [2.45, 2.75) is 17.2 Å². The average molecular weight is 372 g/mol. The summed E-state index contributed by atoms with van der Waals surface area (Å²) < 4.78 is 2.17. The van der Waals surface area contributed by atoms with Gasteiger partial charge in [-0.25, -0.2) is 4.98 Å². The first-order valence-corrected chi connectivity index (χ1v) is 9.47. The van der Waals surface area contributed by atoms with Crippen LogP contribution in [0.25, 0.3) is 10.2 Å². The lowest BCUT2D eigenvalue weighted by Crippen LogP contribution is -2.43. The number of amides is 1. The van der Waals surface area contributed by atoms with Gasteiger partial charge in [0.2, 0.25) is 5.91 Å². The predicted molar refractivity (Wildman–Crippen MR) is 101 cm³/mol. The summed E-state index contributed by atoms with van der Waals surface area (Å²) in [6.45, 7) is 2.79. The number of carbonyl (C=O) groups is 1. The van der Waals surface area contributed by atoms with E-state index in [4.69, 9.17) is 0 Å². The van der Waals surface area contributed by atoms with Gasteiger partial charge in [0, 0.05) is 13.1 Å². The van der Waals surface area contributed by atoms with Crippen LogP contribution in [0, 0.1) is 5.92 Å². The molecular weight excluding hydrogens is 350 g/mol. The van der Waals surface area contributed by atoms with Gasteiger partial charge in [0.25, 0.3) is 0 Å². The van der Waals surface area contributed by atoms with Crippen LogP contribution in [0.15, 0.2) is 28.6 Å². The minimum absolute atomic E-state index is 0. The normalized spacial score (nSPS) is 18.0. The Balaban J connectivity index is 0.00000192. The van der Waals surface area contributed by atoms with Crippen LogP contribution < -0.4 is 5.32 Å². The molecular formula is C16H22ClN3OS2. The summed E-state index contributed by atoms with van der Waals surface area (Å²) >= 11 is 3.23. The topological polar surface area (TPSA) is 45.2 Å². The van der Waals surface area contributed by atoms with Crippen molar-refractivity contribution >= 4 is 51.6 Å². The van der Waals surface area contributed by atoms with E-state index in [9.17, 15) is 4.79 Å². The fourth-order valence-corrected chi connectivity index (χ4v) is 4.85. The maximum absolute atomic E-state index is 12.4. The molecule has 1 aromatic heterocycles. The van der Waals surface area contributed by atoms with E-state index in [0.29, 0.717) is 11.7 Å². The zero-order valence-corrected chi connectivity index (χ0v) is 15.6. The van der Waals surface area contributed by atoms with Crippen molar-refractivity contribution in [2.75, 3.05) is 32.4 Å². The minimum atomic E-state index is 0. The summed E-state index contributed by atoms with van der Waals surface area (Å²) in [4.78, 5) is 19.0. The number of likely N-dealkylation sites (tertiary alicyclic amines) is 1. The van der Waals surface area contributed by atoms with Crippen LogP contribution in [0.1, 0.15) is 12.8 Å². The number of thiazole rings is 1. The van der Waals surface area contributed by atoms with Gasteiger partial charge < -0.3 is 10.2 Å². The van der Waals surface area contributed by atoms with Crippen LogP contribution in [0.5, 0.6) is 0 Å². The van der Waals surface area contributed by atoms with Crippen LogP contribution in [0.4, 0.5) is 0 Å². The number of nitrogens with zero attached hydrogens (tertiary/aromatic N) is 2. The van der Waals surface area contributed by atoms with Crippen molar-refractivity contribution in [3.05, 3.63) is 24.3 Å². The number of aromatic nitrogens is 1. The van der Waals surface area contributed by atoms with Gasteiger partial charge >= 0.3 is 0 Å². The molecule has 1 unspecified atom stereocenters. The highest BCUT2D eigenvalue weighted by Gasteiger charge is 2.23. The number of para-hydroxylation sites is 1. The Morgan fingerprint density at radius 3 is 3.09 bits per heavy atom. The van der Waals surface area contributed by atoms with Crippen molar-refractivity contribution in [3.8, 4) is 0 Å². The molecule has 2 heterocycles. The Morgan fingerprint density at radius 1 is 1.48 bits per heavy atom. The molecule has 1 aromatic carbocycles. The summed E-state index contributed by atoms with van der Waals surface area (Å²) in [6.07, 6.45) is 2.33. The predicted octanol–water partition coefficient (Wildman–Crippen LogP) is 3.27. The Labute approximate surface area is 151 Å². The maximum Gasteiger partial charge on any atom is 0.233 e. The number of hydrogen-bond acceptors (Lipinski definition) is 5. The van der Waals surface area contributed by atoms with Gasteiger partial charge in [0.1, 0.15) is 0 Å². The van der Waals surface area contributed by atoms with Crippen molar-refractivity contribution in [1.82, 2.24) is 15.2 Å². The van der Waals surface area contributed by atoms with Crippen LogP contribution >= 0.6 is 35.5 Å². The lowest BCUT2D eigenvalue weighted by atomic mass is 9.98. The molecule has 0 radical (unpaired) electrons. The first kappa shape index (κ1) is 18.5. The number of benzene rings is 1. The van der Waals surface area contributed by atoms with Gasteiger partial charge in [-0.2, -0.15) is 0 Å².